The van der Waals surface area contributed by atoms with Gasteiger partial charge in [-0.05, 0) is 36.8 Å². The van der Waals surface area contributed by atoms with Crippen molar-refractivity contribution in [2.24, 2.45) is 0 Å². The second-order valence-electron chi connectivity index (χ2n) is 7.47. The van der Waals surface area contributed by atoms with Gasteiger partial charge in [-0.25, -0.2) is 9.37 Å². The molecular weight excluding hydrogens is 399 g/mol. The Balaban J connectivity index is 1.34. The number of carbonyl (C=O) groups is 2. The predicted octanol–water partition coefficient (Wildman–Crippen LogP) is 4.03. The van der Waals surface area contributed by atoms with Crippen LogP contribution in [0, 0.1) is 5.82 Å². The van der Waals surface area contributed by atoms with Gasteiger partial charge in [0.25, 0.3) is 0 Å². The number of piperidine rings is 1. The number of hydrogen-bond donors (Lipinski definition) is 2. The van der Waals surface area contributed by atoms with Crippen LogP contribution in [0.4, 0.5) is 10.1 Å². The zero-order valence-corrected chi connectivity index (χ0v) is 16.5. The summed E-state index contributed by atoms with van der Waals surface area (Å²) in [5.41, 5.74) is 1.60. The Labute approximate surface area is 176 Å². The number of imide groups is 1. The van der Waals surface area contributed by atoms with Gasteiger partial charge in [0.05, 0.1) is 12.7 Å². The first-order valence-electron chi connectivity index (χ1n) is 9.95. The van der Waals surface area contributed by atoms with Crippen molar-refractivity contribution in [2.75, 3.05) is 5.32 Å². The monoisotopic (exact) mass is 418 g/mol. The minimum atomic E-state index is -0.398. The van der Waals surface area contributed by atoms with Crippen LogP contribution < -0.4 is 10.6 Å². The van der Waals surface area contributed by atoms with Gasteiger partial charge in [0, 0.05) is 40.8 Å². The third-order valence-electron chi connectivity index (χ3n) is 5.37. The number of hydrogen-bond acceptors (Lipinski definition) is 5. The number of fused-ring (bicyclic) bond motifs is 1. The summed E-state index contributed by atoms with van der Waals surface area (Å²) in [6.07, 6.45) is 6.29. The van der Waals surface area contributed by atoms with Crippen LogP contribution in [-0.4, -0.2) is 21.4 Å². The minimum absolute atomic E-state index is 0.229. The van der Waals surface area contributed by atoms with Gasteiger partial charge < -0.3 is 14.3 Å². The molecule has 1 fully saturated rings. The smallest absolute Gasteiger partial charge is 0.249 e. The number of aromatic nitrogens is 2. The third kappa shape index (κ3) is 3.79. The number of oxazole rings is 1. The maximum atomic E-state index is 13.1. The molecule has 2 amide bonds. The number of nitrogens with one attached hydrogen (secondary N) is 2. The summed E-state index contributed by atoms with van der Waals surface area (Å²) in [5, 5.41) is 7.70. The Morgan fingerprint density at radius 3 is 2.81 bits per heavy atom. The van der Waals surface area contributed by atoms with Gasteiger partial charge in [0.15, 0.2) is 0 Å². The van der Waals surface area contributed by atoms with Crippen molar-refractivity contribution < 1.29 is 18.4 Å². The average molecular weight is 418 g/mol. The van der Waals surface area contributed by atoms with Crippen LogP contribution in [0.3, 0.4) is 0 Å². The summed E-state index contributed by atoms with van der Waals surface area (Å²) in [5.74, 6) is 0.253. The molecule has 3 heterocycles. The molecule has 8 heteroatoms. The zero-order chi connectivity index (χ0) is 21.4. The van der Waals surface area contributed by atoms with E-state index >= 15 is 0 Å². The maximum absolute atomic E-state index is 13.1. The summed E-state index contributed by atoms with van der Waals surface area (Å²) in [7, 11) is 0. The molecule has 31 heavy (non-hydrogen) atoms. The molecule has 0 spiro atoms. The topological polar surface area (TPSA) is 89.2 Å². The van der Waals surface area contributed by atoms with E-state index in [1.165, 1.54) is 12.1 Å². The first-order valence-corrected chi connectivity index (χ1v) is 9.95. The van der Waals surface area contributed by atoms with Crippen LogP contribution in [-0.2, 0) is 16.1 Å². The highest BCUT2D eigenvalue weighted by atomic mass is 19.1. The maximum Gasteiger partial charge on any atom is 0.249 e. The number of carbonyl (C=O) groups excluding carboxylic acids is 2. The molecule has 0 aliphatic carbocycles. The molecule has 156 valence electrons. The SMILES string of the molecule is O=C1CCC(n2cc3cccc(NCc4cnc(-c5ccc(F)cc5)o4)c3c2)C(=O)N1. The van der Waals surface area contributed by atoms with E-state index in [0.29, 0.717) is 36.6 Å². The van der Waals surface area contributed by atoms with E-state index in [4.69, 9.17) is 4.42 Å². The third-order valence-corrected chi connectivity index (χ3v) is 5.37. The molecule has 2 aromatic carbocycles. The van der Waals surface area contributed by atoms with Crippen LogP contribution in [0.5, 0.6) is 0 Å². The van der Waals surface area contributed by atoms with Gasteiger partial charge in [-0.15, -0.1) is 0 Å². The fraction of sp³-hybridized carbons (Fsp3) is 0.174. The zero-order valence-electron chi connectivity index (χ0n) is 16.5. The van der Waals surface area contributed by atoms with Gasteiger partial charge in [0.2, 0.25) is 17.7 Å². The van der Waals surface area contributed by atoms with Gasteiger partial charge in [0.1, 0.15) is 17.6 Å². The van der Waals surface area contributed by atoms with Gasteiger partial charge >= 0.3 is 0 Å². The van der Waals surface area contributed by atoms with Crippen molar-refractivity contribution in [1.29, 1.82) is 0 Å². The van der Waals surface area contributed by atoms with E-state index in [0.717, 1.165) is 16.5 Å². The van der Waals surface area contributed by atoms with E-state index in [1.54, 1.807) is 18.3 Å². The number of anilines is 1. The number of nitrogens with zero attached hydrogens (tertiary/aromatic N) is 2. The van der Waals surface area contributed by atoms with Crippen LogP contribution in [0.25, 0.3) is 22.2 Å². The lowest BCUT2D eigenvalue weighted by atomic mass is 10.1. The quantitative estimate of drug-likeness (QED) is 0.478. The van der Waals surface area contributed by atoms with E-state index in [2.05, 4.69) is 15.6 Å². The first kappa shape index (κ1) is 19.0. The number of halogens is 1. The van der Waals surface area contributed by atoms with Gasteiger partial charge in [-0.2, -0.15) is 0 Å². The second-order valence-corrected chi connectivity index (χ2v) is 7.47. The van der Waals surface area contributed by atoms with Crippen molar-refractivity contribution in [3.05, 3.63) is 72.6 Å². The Morgan fingerprint density at radius 2 is 2.00 bits per heavy atom. The molecule has 2 aromatic heterocycles. The van der Waals surface area contributed by atoms with Crippen LogP contribution in [0.2, 0.25) is 0 Å². The van der Waals surface area contributed by atoms with Gasteiger partial charge in [-0.3, -0.25) is 14.9 Å². The van der Waals surface area contributed by atoms with E-state index < -0.39 is 6.04 Å². The van der Waals surface area contributed by atoms with Crippen molar-refractivity contribution >= 4 is 28.3 Å². The number of amides is 2. The number of rotatable bonds is 5. The lowest BCUT2D eigenvalue weighted by molar-refractivity contribution is -0.135. The van der Waals surface area contributed by atoms with E-state index in [9.17, 15) is 14.0 Å². The minimum Gasteiger partial charge on any atom is -0.439 e. The lowest BCUT2D eigenvalue weighted by Crippen LogP contribution is -2.41. The van der Waals surface area contributed by atoms with Crippen molar-refractivity contribution in [3.63, 3.8) is 0 Å². The van der Waals surface area contributed by atoms with Crippen LogP contribution in [0.1, 0.15) is 24.6 Å². The highest BCUT2D eigenvalue weighted by molar-refractivity contribution is 6.00. The van der Waals surface area contributed by atoms with E-state index in [1.807, 2.05) is 35.2 Å². The lowest BCUT2D eigenvalue weighted by Gasteiger charge is -2.22. The largest absolute Gasteiger partial charge is 0.439 e. The molecular formula is C23H19FN4O3. The van der Waals surface area contributed by atoms with Crippen molar-refractivity contribution in [1.82, 2.24) is 14.9 Å². The number of benzene rings is 2. The average Bonchev–Trinajstić information content (AvgIpc) is 3.40. The standard InChI is InChI=1S/C23H19FN4O3/c24-16-6-4-14(5-7-16)23-26-11-17(31-23)10-25-19-3-1-2-15-12-28(13-18(15)19)20-8-9-21(29)27-22(20)30/h1-7,11-13,20,25H,8-10H2,(H,27,29,30). The molecule has 5 rings (SSSR count). The predicted molar refractivity (Wildman–Crippen MR) is 113 cm³/mol. The fourth-order valence-electron chi connectivity index (χ4n) is 3.78. The molecule has 2 N–H and O–H groups in total. The van der Waals surface area contributed by atoms with Gasteiger partial charge in [-0.1, -0.05) is 12.1 Å². The molecule has 1 saturated heterocycles. The Morgan fingerprint density at radius 1 is 1.16 bits per heavy atom. The molecule has 1 atom stereocenters. The Kier molecular flexibility index (Phi) is 4.74. The van der Waals surface area contributed by atoms with Crippen molar-refractivity contribution in [2.45, 2.75) is 25.4 Å². The molecule has 4 aromatic rings. The van der Waals surface area contributed by atoms with E-state index in [-0.39, 0.29) is 17.6 Å². The summed E-state index contributed by atoms with van der Waals surface area (Å²) in [6.45, 7) is 0.414. The molecule has 0 bridgehead atoms. The fourth-order valence-corrected chi connectivity index (χ4v) is 3.78. The Bertz CT molecular complexity index is 1280. The highest BCUT2D eigenvalue weighted by Gasteiger charge is 2.28. The normalized spacial score (nSPS) is 16.5. The van der Waals surface area contributed by atoms with Crippen LogP contribution in [0.15, 0.2) is 65.5 Å². The first-order chi connectivity index (χ1) is 15.1. The summed E-state index contributed by atoms with van der Waals surface area (Å²) in [4.78, 5) is 27.9. The molecule has 1 aliphatic heterocycles. The second kappa shape index (κ2) is 7.71. The van der Waals surface area contributed by atoms with Crippen molar-refractivity contribution in [3.8, 4) is 11.5 Å². The summed E-state index contributed by atoms with van der Waals surface area (Å²) < 4.78 is 20.7. The molecule has 1 aliphatic rings. The summed E-state index contributed by atoms with van der Waals surface area (Å²) >= 11 is 0. The van der Waals surface area contributed by atoms with Crippen LogP contribution >= 0.6 is 0 Å². The molecule has 0 saturated carbocycles. The highest BCUT2D eigenvalue weighted by Crippen LogP contribution is 2.29. The summed E-state index contributed by atoms with van der Waals surface area (Å²) in [6, 6.07) is 11.4. The molecule has 7 nitrogen and oxygen atoms in total. The Hall–Kier alpha value is -3.94. The molecule has 0 radical (unpaired) electrons. The molecule has 1 unspecified atom stereocenters.